The largest absolute Gasteiger partial charge is 0.497 e. The fourth-order valence-corrected chi connectivity index (χ4v) is 2.37. The van der Waals surface area contributed by atoms with Crippen LogP contribution in [-0.4, -0.2) is 21.7 Å². The summed E-state index contributed by atoms with van der Waals surface area (Å²) >= 11 is 4.40. The van der Waals surface area contributed by atoms with Crippen molar-refractivity contribution in [3.05, 3.63) is 48.3 Å². The predicted octanol–water partition coefficient (Wildman–Crippen LogP) is 2.83. The quantitative estimate of drug-likeness (QED) is 0.745. The van der Waals surface area contributed by atoms with E-state index in [4.69, 9.17) is 4.74 Å². The van der Waals surface area contributed by atoms with Gasteiger partial charge in [0.15, 0.2) is 5.65 Å². The van der Waals surface area contributed by atoms with Gasteiger partial charge in [-0.1, -0.05) is 12.1 Å². The maximum absolute atomic E-state index is 5.25. The molecule has 0 atom stereocenters. The highest BCUT2D eigenvalue weighted by atomic mass is 32.1. The number of rotatable bonds is 3. The second-order valence-corrected chi connectivity index (χ2v) is 4.42. The Labute approximate surface area is 116 Å². The van der Waals surface area contributed by atoms with Crippen molar-refractivity contribution in [3.63, 3.8) is 0 Å². The Hall–Kier alpha value is -2.01. The lowest BCUT2D eigenvalue weighted by atomic mass is 10.1. The number of benzene rings is 1. The molecule has 0 aliphatic rings. The molecule has 0 fully saturated rings. The minimum atomic E-state index is 0.590. The molecule has 0 aliphatic carbocycles. The maximum Gasteiger partial charge on any atom is 0.159 e. The number of hydrogen-bond acceptors (Lipinski definition) is 4. The monoisotopic (exact) mass is 271 g/mol. The zero-order chi connectivity index (χ0) is 13.2. The van der Waals surface area contributed by atoms with Crippen LogP contribution in [-0.2, 0) is 5.75 Å². The van der Waals surface area contributed by atoms with E-state index in [0.29, 0.717) is 5.75 Å². The number of ether oxygens (including phenoxy) is 1. The number of methoxy groups -OCH3 is 1. The lowest BCUT2D eigenvalue weighted by molar-refractivity contribution is 0.415. The second-order valence-electron chi connectivity index (χ2n) is 4.11. The first-order valence-electron chi connectivity index (χ1n) is 5.91. The zero-order valence-corrected chi connectivity index (χ0v) is 11.3. The first-order chi connectivity index (χ1) is 9.33. The van der Waals surface area contributed by atoms with E-state index in [1.165, 1.54) is 0 Å². The Kier molecular flexibility index (Phi) is 3.13. The van der Waals surface area contributed by atoms with Crippen molar-refractivity contribution >= 4 is 18.3 Å². The van der Waals surface area contributed by atoms with Crippen LogP contribution >= 0.6 is 12.6 Å². The first kappa shape index (κ1) is 12.0. The van der Waals surface area contributed by atoms with Gasteiger partial charge in [0.2, 0.25) is 0 Å². The van der Waals surface area contributed by atoms with Gasteiger partial charge in [0.25, 0.3) is 0 Å². The molecule has 1 aromatic carbocycles. The standard InChI is InChI=1S/C14H13N3OS/c1-18-11-5-2-4-10(8-11)13-12(9-19)14-15-6-3-7-17(14)16-13/h2-8,19H,9H2,1H3. The van der Waals surface area contributed by atoms with Crippen LogP contribution < -0.4 is 4.74 Å². The zero-order valence-electron chi connectivity index (χ0n) is 10.4. The maximum atomic E-state index is 5.25. The Morgan fingerprint density at radius 1 is 1.32 bits per heavy atom. The molecule has 19 heavy (non-hydrogen) atoms. The van der Waals surface area contributed by atoms with Gasteiger partial charge in [0.1, 0.15) is 5.75 Å². The predicted molar refractivity (Wildman–Crippen MR) is 77.7 cm³/mol. The molecule has 0 saturated heterocycles. The summed E-state index contributed by atoms with van der Waals surface area (Å²) < 4.78 is 7.03. The van der Waals surface area contributed by atoms with Gasteiger partial charge >= 0.3 is 0 Å². The highest BCUT2D eigenvalue weighted by molar-refractivity contribution is 7.79. The van der Waals surface area contributed by atoms with E-state index >= 15 is 0 Å². The average Bonchev–Trinajstić information content (AvgIpc) is 2.86. The molecular weight excluding hydrogens is 258 g/mol. The van der Waals surface area contributed by atoms with Crippen LogP contribution in [0.2, 0.25) is 0 Å². The van der Waals surface area contributed by atoms with Gasteiger partial charge in [-0.05, 0) is 18.2 Å². The van der Waals surface area contributed by atoms with Crippen molar-refractivity contribution in [1.82, 2.24) is 14.6 Å². The van der Waals surface area contributed by atoms with Crippen molar-refractivity contribution in [2.75, 3.05) is 7.11 Å². The van der Waals surface area contributed by atoms with Crippen LogP contribution in [0.3, 0.4) is 0 Å². The van der Waals surface area contributed by atoms with Gasteiger partial charge in [-0.3, -0.25) is 0 Å². The molecule has 0 aliphatic heterocycles. The van der Waals surface area contributed by atoms with E-state index in [1.54, 1.807) is 17.8 Å². The number of thiol groups is 1. The molecule has 0 bridgehead atoms. The molecule has 5 heteroatoms. The second kappa shape index (κ2) is 4.93. The summed E-state index contributed by atoms with van der Waals surface area (Å²) in [7, 11) is 1.66. The molecular formula is C14H13N3OS. The molecule has 0 saturated carbocycles. The van der Waals surface area contributed by atoms with Crippen molar-refractivity contribution in [1.29, 1.82) is 0 Å². The number of aromatic nitrogens is 3. The van der Waals surface area contributed by atoms with Gasteiger partial charge < -0.3 is 4.74 Å². The fourth-order valence-electron chi connectivity index (χ4n) is 2.08. The third-order valence-electron chi connectivity index (χ3n) is 2.99. The van der Waals surface area contributed by atoms with Gasteiger partial charge in [0, 0.05) is 29.3 Å². The van der Waals surface area contributed by atoms with Crippen molar-refractivity contribution in [2.45, 2.75) is 5.75 Å². The van der Waals surface area contributed by atoms with Gasteiger partial charge in [-0.2, -0.15) is 17.7 Å². The fraction of sp³-hybridized carbons (Fsp3) is 0.143. The summed E-state index contributed by atoms with van der Waals surface area (Å²) in [6.45, 7) is 0. The molecule has 3 rings (SSSR count). The van der Waals surface area contributed by atoms with E-state index in [1.807, 2.05) is 36.5 Å². The molecule has 2 aromatic heterocycles. The highest BCUT2D eigenvalue weighted by Crippen LogP contribution is 2.28. The Balaban J connectivity index is 2.23. The summed E-state index contributed by atoms with van der Waals surface area (Å²) in [4.78, 5) is 4.36. The number of hydrogen-bond donors (Lipinski definition) is 1. The van der Waals surface area contributed by atoms with Crippen LogP contribution in [0.4, 0.5) is 0 Å². The number of nitrogens with zero attached hydrogens (tertiary/aromatic N) is 3. The minimum absolute atomic E-state index is 0.590. The normalized spacial score (nSPS) is 10.8. The van der Waals surface area contributed by atoms with Gasteiger partial charge in [0.05, 0.1) is 12.8 Å². The summed E-state index contributed by atoms with van der Waals surface area (Å²) in [5.41, 5.74) is 3.77. The Morgan fingerprint density at radius 3 is 3.00 bits per heavy atom. The summed E-state index contributed by atoms with van der Waals surface area (Å²) in [5.74, 6) is 1.40. The molecule has 2 heterocycles. The van der Waals surface area contributed by atoms with Crippen LogP contribution in [0.5, 0.6) is 5.75 Å². The van der Waals surface area contributed by atoms with E-state index in [2.05, 4.69) is 22.7 Å². The topological polar surface area (TPSA) is 39.4 Å². The first-order valence-corrected chi connectivity index (χ1v) is 6.54. The third-order valence-corrected chi connectivity index (χ3v) is 3.31. The highest BCUT2D eigenvalue weighted by Gasteiger charge is 2.14. The van der Waals surface area contributed by atoms with E-state index in [9.17, 15) is 0 Å². The Morgan fingerprint density at radius 2 is 2.21 bits per heavy atom. The van der Waals surface area contributed by atoms with Crippen LogP contribution in [0, 0.1) is 0 Å². The molecule has 0 spiro atoms. The molecule has 0 radical (unpaired) electrons. The molecule has 3 aromatic rings. The summed E-state index contributed by atoms with van der Waals surface area (Å²) in [6, 6.07) is 9.70. The SMILES string of the molecule is COc1cccc(-c2nn3cccnc3c2CS)c1. The van der Waals surface area contributed by atoms with Crippen molar-refractivity contribution < 1.29 is 4.74 Å². The summed E-state index contributed by atoms with van der Waals surface area (Å²) in [5, 5.41) is 4.58. The lowest BCUT2D eigenvalue weighted by Gasteiger charge is -2.03. The van der Waals surface area contributed by atoms with Crippen molar-refractivity contribution in [2.24, 2.45) is 0 Å². The van der Waals surface area contributed by atoms with Gasteiger partial charge in [-0.25, -0.2) is 9.50 Å². The smallest absolute Gasteiger partial charge is 0.159 e. The summed E-state index contributed by atoms with van der Waals surface area (Å²) in [6.07, 6.45) is 3.65. The Bertz CT molecular complexity index is 724. The number of fused-ring (bicyclic) bond motifs is 1. The van der Waals surface area contributed by atoms with Crippen LogP contribution in [0.25, 0.3) is 16.9 Å². The van der Waals surface area contributed by atoms with E-state index in [0.717, 1.165) is 28.2 Å². The molecule has 0 unspecified atom stereocenters. The molecule has 0 amide bonds. The van der Waals surface area contributed by atoms with Crippen molar-refractivity contribution in [3.8, 4) is 17.0 Å². The molecule has 0 N–H and O–H groups in total. The molecule has 4 nitrogen and oxygen atoms in total. The molecule has 96 valence electrons. The average molecular weight is 271 g/mol. The van der Waals surface area contributed by atoms with Gasteiger partial charge in [-0.15, -0.1) is 0 Å². The minimum Gasteiger partial charge on any atom is -0.497 e. The lowest BCUT2D eigenvalue weighted by Crippen LogP contribution is -1.87. The van der Waals surface area contributed by atoms with Crippen LogP contribution in [0.15, 0.2) is 42.7 Å². The van der Waals surface area contributed by atoms with E-state index < -0.39 is 0 Å². The van der Waals surface area contributed by atoms with Crippen LogP contribution in [0.1, 0.15) is 5.56 Å². The third kappa shape index (κ3) is 2.06. The van der Waals surface area contributed by atoms with E-state index in [-0.39, 0.29) is 0 Å².